The lowest BCUT2D eigenvalue weighted by molar-refractivity contribution is 0.580. The third kappa shape index (κ3) is 2.82. The quantitative estimate of drug-likeness (QED) is 0.886. The number of anilines is 1. The van der Waals surface area contributed by atoms with Crippen LogP contribution < -0.4 is 10.2 Å². The predicted molar refractivity (Wildman–Crippen MR) is 80.2 cm³/mol. The summed E-state index contributed by atoms with van der Waals surface area (Å²) in [6.45, 7) is 8.21. The fourth-order valence-corrected chi connectivity index (χ4v) is 2.54. The van der Waals surface area contributed by atoms with Gasteiger partial charge in [0.15, 0.2) is 0 Å². The van der Waals surface area contributed by atoms with Crippen molar-refractivity contribution in [2.75, 3.05) is 31.1 Å². The Morgan fingerprint density at radius 3 is 2.80 bits per heavy atom. The van der Waals surface area contributed by atoms with Crippen molar-refractivity contribution < 1.29 is 0 Å². The number of hydrogen-bond donors (Lipinski definition) is 2. The van der Waals surface area contributed by atoms with Crippen LogP contribution in [-0.2, 0) is 6.42 Å². The van der Waals surface area contributed by atoms with Gasteiger partial charge in [0.2, 0.25) is 5.95 Å². The molecule has 2 heterocycles. The Bertz CT molecular complexity index is 584. The largest absolute Gasteiger partial charge is 0.337 e. The van der Waals surface area contributed by atoms with Gasteiger partial charge in [-0.25, -0.2) is 0 Å². The Morgan fingerprint density at radius 1 is 1.20 bits per heavy atom. The molecule has 2 aromatic rings. The van der Waals surface area contributed by atoms with E-state index in [1.54, 1.807) is 0 Å². The van der Waals surface area contributed by atoms with E-state index in [0.717, 1.165) is 44.4 Å². The molecule has 1 aromatic heterocycles. The van der Waals surface area contributed by atoms with E-state index in [1.807, 2.05) is 0 Å². The number of aromatic nitrogens is 3. The zero-order valence-electron chi connectivity index (χ0n) is 12.1. The molecule has 0 saturated carbocycles. The fraction of sp³-hybridized carbons (Fsp3) is 0.467. The molecule has 1 fully saturated rings. The van der Waals surface area contributed by atoms with Crippen LogP contribution in [-0.4, -0.2) is 41.4 Å². The van der Waals surface area contributed by atoms with E-state index in [0.29, 0.717) is 0 Å². The topological polar surface area (TPSA) is 56.8 Å². The average molecular weight is 271 g/mol. The number of benzene rings is 1. The summed E-state index contributed by atoms with van der Waals surface area (Å²) in [6, 6.07) is 6.53. The first kappa shape index (κ1) is 13.1. The second kappa shape index (κ2) is 5.63. The molecule has 1 aliphatic heterocycles. The first-order valence-corrected chi connectivity index (χ1v) is 7.15. The maximum atomic E-state index is 4.63. The molecule has 0 atom stereocenters. The van der Waals surface area contributed by atoms with Crippen molar-refractivity contribution in [1.29, 1.82) is 0 Å². The van der Waals surface area contributed by atoms with Crippen molar-refractivity contribution in [2.24, 2.45) is 0 Å². The van der Waals surface area contributed by atoms with Gasteiger partial charge < -0.3 is 10.2 Å². The van der Waals surface area contributed by atoms with Crippen molar-refractivity contribution in [3.8, 4) is 0 Å². The van der Waals surface area contributed by atoms with E-state index in [9.17, 15) is 0 Å². The molecule has 1 aromatic carbocycles. The highest BCUT2D eigenvalue weighted by atomic mass is 15.4. The second-order valence-electron chi connectivity index (χ2n) is 5.43. The highest BCUT2D eigenvalue weighted by molar-refractivity contribution is 5.34. The maximum absolute atomic E-state index is 4.63. The first-order chi connectivity index (χ1) is 9.72. The van der Waals surface area contributed by atoms with Crippen LogP contribution >= 0.6 is 0 Å². The summed E-state index contributed by atoms with van der Waals surface area (Å²) < 4.78 is 0. The molecule has 0 bridgehead atoms. The van der Waals surface area contributed by atoms with Gasteiger partial charge in [-0.1, -0.05) is 23.8 Å². The highest BCUT2D eigenvalue weighted by Gasteiger charge is 2.15. The number of piperazine rings is 1. The van der Waals surface area contributed by atoms with Crippen LogP contribution in [0.25, 0.3) is 0 Å². The summed E-state index contributed by atoms with van der Waals surface area (Å²) in [5.74, 6) is 1.76. The molecule has 5 nitrogen and oxygen atoms in total. The van der Waals surface area contributed by atoms with E-state index in [1.165, 1.54) is 16.7 Å². The Hall–Kier alpha value is -1.88. The molecule has 5 heteroatoms. The molecule has 3 rings (SSSR count). The molecule has 0 radical (unpaired) electrons. The number of hydrogen-bond acceptors (Lipinski definition) is 4. The van der Waals surface area contributed by atoms with Crippen molar-refractivity contribution in [3.05, 3.63) is 40.7 Å². The standard InChI is InChI=1S/C15H21N5/c1-11-3-4-12(2)13(9-11)10-14-17-15(19-18-14)20-7-5-16-6-8-20/h3-4,9,16H,5-8,10H2,1-2H3,(H,17,18,19). The average Bonchev–Trinajstić information content (AvgIpc) is 2.92. The van der Waals surface area contributed by atoms with Crippen LogP contribution in [0.15, 0.2) is 18.2 Å². The molecule has 106 valence electrons. The van der Waals surface area contributed by atoms with E-state index in [2.05, 4.69) is 57.4 Å². The van der Waals surface area contributed by atoms with Crippen LogP contribution in [0.4, 0.5) is 5.95 Å². The van der Waals surface area contributed by atoms with Gasteiger partial charge in [-0.05, 0) is 25.0 Å². The third-order valence-corrected chi connectivity index (χ3v) is 3.78. The van der Waals surface area contributed by atoms with Gasteiger partial charge in [0, 0.05) is 32.6 Å². The summed E-state index contributed by atoms with van der Waals surface area (Å²) in [7, 11) is 0. The summed E-state index contributed by atoms with van der Waals surface area (Å²) in [6.07, 6.45) is 0.812. The van der Waals surface area contributed by atoms with Gasteiger partial charge in [-0.15, -0.1) is 5.10 Å². The van der Waals surface area contributed by atoms with Crippen LogP contribution in [0.3, 0.4) is 0 Å². The summed E-state index contributed by atoms with van der Waals surface area (Å²) in [5.41, 5.74) is 3.90. The number of rotatable bonds is 3. The normalized spacial score (nSPS) is 15.6. The maximum Gasteiger partial charge on any atom is 0.244 e. The number of H-pyrrole nitrogens is 1. The first-order valence-electron chi connectivity index (χ1n) is 7.15. The number of nitrogens with zero attached hydrogens (tertiary/aromatic N) is 3. The minimum Gasteiger partial charge on any atom is -0.337 e. The number of nitrogens with one attached hydrogen (secondary N) is 2. The van der Waals surface area contributed by atoms with Crippen molar-refractivity contribution in [2.45, 2.75) is 20.3 Å². The Kier molecular flexibility index (Phi) is 3.69. The summed E-state index contributed by atoms with van der Waals surface area (Å²) in [5, 5.41) is 10.8. The van der Waals surface area contributed by atoms with Gasteiger partial charge in [0.25, 0.3) is 0 Å². The monoisotopic (exact) mass is 271 g/mol. The van der Waals surface area contributed by atoms with Gasteiger partial charge in [-0.2, -0.15) is 4.98 Å². The fourth-order valence-electron chi connectivity index (χ4n) is 2.54. The van der Waals surface area contributed by atoms with E-state index < -0.39 is 0 Å². The molecule has 0 spiro atoms. The lowest BCUT2D eigenvalue weighted by atomic mass is 10.0. The zero-order chi connectivity index (χ0) is 13.9. The smallest absolute Gasteiger partial charge is 0.244 e. The molecular formula is C15H21N5. The van der Waals surface area contributed by atoms with Crippen LogP contribution in [0.1, 0.15) is 22.5 Å². The van der Waals surface area contributed by atoms with Crippen LogP contribution in [0.2, 0.25) is 0 Å². The molecule has 0 aliphatic carbocycles. The molecule has 0 unspecified atom stereocenters. The summed E-state index contributed by atoms with van der Waals surface area (Å²) >= 11 is 0. The van der Waals surface area contributed by atoms with E-state index in [4.69, 9.17) is 0 Å². The minimum atomic E-state index is 0.812. The number of aromatic amines is 1. The highest BCUT2D eigenvalue weighted by Crippen LogP contribution is 2.15. The molecule has 2 N–H and O–H groups in total. The lowest BCUT2D eigenvalue weighted by Gasteiger charge is -2.25. The van der Waals surface area contributed by atoms with Crippen molar-refractivity contribution >= 4 is 5.95 Å². The molecule has 1 aliphatic rings. The number of aryl methyl sites for hydroxylation is 2. The predicted octanol–water partition coefficient (Wildman–Crippen LogP) is 1.42. The molecule has 20 heavy (non-hydrogen) atoms. The molecule has 1 saturated heterocycles. The van der Waals surface area contributed by atoms with Gasteiger partial charge in [0.05, 0.1) is 0 Å². The van der Waals surface area contributed by atoms with Gasteiger partial charge >= 0.3 is 0 Å². The molecule has 0 amide bonds. The van der Waals surface area contributed by atoms with Crippen LogP contribution in [0.5, 0.6) is 0 Å². The van der Waals surface area contributed by atoms with Crippen molar-refractivity contribution in [1.82, 2.24) is 20.5 Å². The van der Waals surface area contributed by atoms with E-state index in [-0.39, 0.29) is 0 Å². The Balaban J connectivity index is 1.75. The van der Waals surface area contributed by atoms with Gasteiger partial charge in [0.1, 0.15) is 5.82 Å². The van der Waals surface area contributed by atoms with Crippen LogP contribution in [0, 0.1) is 13.8 Å². The minimum absolute atomic E-state index is 0.812. The van der Waals surface area contributed by atoms with Crippen molar-refractivity contribution in [3.63, 3.8) is 0 Å². The Labute approximate surface area is 119 Å². The lowest BCUT2D eigenvalue weighted by Crippen LogP contribution is -2.44. The zero-order valence-corrected chi connectivity index (χ0v) is 12.1. The Morgan fingerprint density at radius 2 is 2.00 bits per heavy atom. The van der Waals surface area contributed by atoms with E-state index >= 15 is 0 Å². The molecular weight excluding hydrogens is 250 g/mol. The summed E-state index contributed by atoms with van der Waals surface area (Å²) in [4.78, 5) is 6.85. The van der Waals surface area contributed by atoms with Gasteiger partial charge in [-0.3, -0.25) is 5.10 Å². The SMILES string of the molecule is Cc1ccc(C)c(Cc2nc(N3CCNCC3)n[nH]2)c1. The second-order valence-corrected chi connectivity index (χ2v) is 5.43. The third-order valence-electron chi connectivity index (χ3n) is 3.78.